The molecule has 0 bridgehead atoms. The number of hydrogen-bond donors (Lipinski definition) is 1. The number of thiophene rings is 1. The van der Waals surface area contributed by atoms with Crippen LogP contribution in [0.5, 0.6) is 0 Å². The molecule has 7 heteroatoms. The van der Waals surface area contributed by atoms with Gasteiger partial charge in [0, 0.05) is 5.38 Å². The maximum atomic E-state index is 11.7. The largest absolute Gasteiger partial charge is 0.305 e. The molecule has 2 heterocycles. The van der Waals surface area contributed by atoms with Crippen molar-refractivity contribution in [3.8, 4) is 0 Å². The summed E-state index contributed by atoms with van der Waals surface area (Å²) in [6.45, 7) is 0. The smallest absolute Gasteiger partial charge is 0.257 e. The lowest BCUT2D eigenvalue weighted by Crippen LogP contribution is -2.12. The zero-order chi connectivity index (χ0) is 11.5. The number of halogens is 2. The number of nitrogens with zero attached hydrogens (tertiary/aromatic N) is 2. The Balaban J connectivity index is 2.13. The van der Waals surface area contributed by atoms with E-state index in [0.29, 0.717) is 11.4 Å². The predicted octanol–water partition coefficient (Wildman–Crippen LogP) is 3.05. The SMILES string of the molecule is O=C(Nc1cncc(Cl)n1)c1csc(I)c1. The van der Waals surface area contributed by atoms with Crippen molar-refractivity contribution >= 4 is 57.3 Å². The number of anilines is 1. The topological polar surface area (TPSA) is 54.9 Å². The Morgan fingerprint density at radius 1 is 1.50 bits per heavy atom. The van der Waals surface area contributed by atoms with Gasteiger partial charge in [0.05, 0.1) is 20.8 Å². The maximum Gasteiger partial charge on any atom is 0.257 e. The Bertz CT molecular complexity index is 531. The molecular weight excluding hydrogens is 361 g/mol. The summed E-state index contributed by atoms with van der Waals surface area (Å²) in [6.07, 6.45) is 2.85. The van der Waals surface area contributed by atoms with Crippen LogP contribution in [0.1, 0.15) is 10.4 Å². The highest BCUT2D eigenvalue weighted by molar-refractivity contribution is 14.1. The van der Waals surface area contributed by atoms with E-state index in [9.17, 15) is 4.79 Å². The fourth-order valence-corrected chi connectivity index (χ4v) is 2.49. The van der Waals surface area contributed by atoms with Crippen molar-refractivity contribution < 1.29 is 4.79 Å². The van der Waals surface area contributed by atoms with Crippen molar-refractivity contribution in [2.45, 2.75) is 0 Å². The van der Waals surface area contributed by atoms with E-state index in [2.05, 4.69) is 37.9 Å². The molecule has 0 atom stereocenters. The van der Waals surface area contributed by atoms with E-state index >= 15 is 0 Å². The summed E-state index contributed by atoms with van der Waals surface area (Å²) in [5, 5.41) is 4.65. The number of aromatic nitrogens is 2. The minimum Gasteiger partial charge on any atom is -0.305 e. The third-order valence-electron chi connectivity index (χ3n) is 1.68. The lowest BCUT2D eigenvalue weighted by atomic mass is 10.3. The van der Waals surface area contributed by atoms with Crippen LogP contribution in [0.4, 0.5) is 5.82 Å². The van der Waals surface area contributed by atoms with Crippen molar-refractivity contribution in [1.29, 1.82) is 0 Å². The van der Waals surface area contributed by atoms with Crippen LogP contribution in [0.3, 0.4) is 0 Å². The average Bonchev–Trinajstić information content (AvgIpc) is 2.65. The highest BCUT2D eigenvalue weighted by atomic mass is 127. The average molecular weight is 366 g/mol. The molecule has 0 unspecified atom stereocenters. The Hall–Kier alpha value is -0.730. The lowest BCUT2D eigenvalue weighted by Gasteiger charge is -2.01. The van der Waals surface area contributed by atoms with E-state index in [-0.39, 0.29) is 11.1 Å². The number of nitrogens with one attached hydrogen (secondary N) is 1. The Kier molecular flexibility index (Phi) is 3.72. The van der Waals surface area contributed by atoms with Crippen LogP contribution in [0, 0.1) is 2.88 Å². The third-order valence-corrected chi connectivity index (χ3v) is 3.65. The van der Waals surface area contributed by atoms with Gasteiger partial charge in [0.1, 0.15) is 5.15 Å². The van der Waals surface area contributed by atoms with E-state index in [0.717, 1.165) is 2.88 Å². The molecule has 0 aromatic carbocycles. The van der Waals surface area contributed by atoms with Gasteiger partial charge in [-0.15, -0.1) is 11.3 Å². The third kappa shape index (κ3) is 2.89. The normalized spacial score (nSPS) is 10.1. The monoisotopic (exact) mass is 365 g/mol. The molecule has 2 aromatic heterocycles. The number of amides is 1. The van der Waals surface area contributed by atoms with Gasteiger partial charge in [-0.3, -0.25) is 9.78 Å². The van der Waals surface area contributed by atoms with Gasteiger partial charge < -0.3 is 5.32 Å². The first kappa shape index (κ1) is 11.7. The second-order valence-corrected chi connectivity index (χ2v) is 6.01. The maximum absolute atomic E-state index is 11.7. The quantitative estimate of drug-likeness (QED) is 0.832. The molecule has 0 aliphatic carbocycles. The van der Waals surface area contributed by atoms with Gasteiger partial charge in [0.2, 0.25) is 0 Å². The van der Waals surface area contributed by atoms with Gasteiger partial charge in [0.15, 0.2) is 5.82 Å². The zero-order valence-corrected chi connectivity index (χ0v) is 11.5. The van der Waals surface area contributed by atoms with Crippen molar-refractivity contribution in [1.82, 2.24) is 9.97 Å². The minimum absolute atomic E-state index is 0.212. The van der Waals surface area contributed by atoms with Gasteiger partial charge in [0.25, 0.3) is 5.91 Å². The summed E-state index contributed by atoms with van der Waals surface area (Å²) in [7, 11) is 0. The molecule has 4 nitrogen and oxygen atoms in total. The number of carbonyl (C=O) groups excluding carboxylic acids is 1. The van der Waals surface area contributed by atoms with E-state index in [4.69, 9.17) is 11.6 Å². The Morgan fingerprint density at radius 3 is 2.94 bits per heavy atom. The summed E-state index contributed by atoms with van der Waals surface area (Å²) in [4.78, 5) is 19.5. The summed E-state index contributed by atoms with van der Waals surface area (Å²) in [6, 6.07) is 1.80. The summed E-state index contributed by atoms with van der Waals surface area (Å²) >= 11 is 9.32. The number of rotatable bonds is 2. The van der Waals surface area contributed by atoms with Gasteiger partial charge in [-0.05, 0) is 28.7 Å². The molecule has 1 N–H and O–H groups in total. The molecule has 82 valence electrons. The summed E-state index contributed by atoms with van der Waals surface area (Å²) < 4.78 is 1.06. The first-order valence-corrected chi connectivity index (χ1v) is 6.52. The molecular formula is C9H5ClIN3OS. The van der Waals surface area contributed by atoms with Crippen molar-refractivity contribution in [3.05, 3.63) is 37.4 Å². The van der Waals surface area contributed by atoms with Crippen LogP contribution in [-0.2, 0) is 0 Å². The number of carbonyl (C=O) groups is 1. The first-order chi connectivity index (χ1) is 7.65. The fourth-order valence-electron chi connectivity index (χ4n) is 1.02. The van der Waals surface area contributed by atoms with Crippen LogP contribution in [0.2, 0.25) is 5.15 Å². The second-order valence-electron chi connectivity index (χ2n) is 2.82. The van der Waals surface area contributed by atoms with Crippen molar-refractivity contribution in [2.75, 3.05) is 5.32 Å². The summed E-state index contributed by atoms with van der Waals surface area (Å²) in [5.74, 6) is 0.134. The highest BCUT2D eigenvalue weighted by Crippen LogP contribution is 2.17. The minimum atomic E-state index is -0.212. The Morgan fingerprint density at radius 2 is 2.31 bits per heavy atom. The molecule has 0 fully saturated rings. The predicted molar refractivity (Wildman–Crippen MR) is 72.0 cm³/mol. The number of hydrogen-bond acceptors (Lipinski definition) is 4. The molecule has 0 aliphatic heterocycles. The summed E-state index contributed by atoms with van der Waals surface area (Å²) in [5.41, 5.74) is 0.608. The molecule has 2 aromatic rings. The zero-order valence-electron chi connectivity index (χ0n) is 7.78. The van der Waals surface area contributed by atoms with Gasteiger partial charge in [-0.2, -0.15) is 0 Å². The van der Waals surface area contributed by atoms with E-state index in [1.165, 1.54) is 23.7 Å². The van der Waals surface area contributed by atoms with Crippen LogP contribution < -0.4 is 5.32 Å². The molecule has 0 aliphatic rings. The van der Waals surface area contributed by atoms with E-state index in [1.807, 2.05) is 0 Å². The molecule has 1 amide bonds. The van der Waals surface area contributed by atoms with E-state index < -0.39 is 0 Å². The van der Waals surface area contributed by atoms with E-state index in [1.54, 1.807) is 11.4 Å². The first-order valence-electron chi connectivity index (χ1n) is 4.18. The Labute approximate surface area is 114 Å². The molecule has 2 rings (SSSR count). The molecule has 0 saturated heterocycles. The standard InChI is InChI=1S/C9H5ClIN3OS/c10-6-2-12-3-8(13-6)14-9(15)5-1-7(11)16-4-5/h1-4H,(H,13,14,15). The molecule has 0 spiro atoms. The van der Waals surface area contributed by atoms with Crippen LogP contribution in [0.25, 0.3) is 0 Å². The van der Waals surface area contributed by atoms with Gasteiger partial charge in [-0.1, -0.05) is 11.6 Å². The van der Waals surface area contributed by atoms with Crippen LogP contribution in [-0.4, -0.2) is 15.9 Å². The molecule has 0 radical (unpaired) electrons. The van der Waals surface area contributed by atoms with Gasteiger partial charge in [-0.25, -0.2) is 4.98 Å². The lowest BCUT2D eigenvalue weighted by molar-refractivity contribution is 0.102. The van der Waals surface area contributed by atoms with Crippen LogP contribution in [0.15, 0.2) is 23.8 Å². The molecule has 16 heavy (non-hydrogen) atoms. The second kappa shape index (κ2) is 5.07. The van der Waals surface area contributed by atoms with Gasteiger partial charge >= 0.3 is 0 Å². The van der Waals surface area contributed by atoms with Crippen LogP contribution >= 0.6 is 45.5 Å². The van der Waals surface area contributed by atoms with Crippen molar-refractivity contribution in [3.63, 3.8) is 0 Å². The molecule has 0 saturated carbocycles. The highest BCUT2D eigenvalue weighted by Gasteiger charge is 2.09. The fraction of sp³-hybridized carbons (Fsp3) is 0. The van der Waals surface area contributed by atoms with Crippen molar-refractivity contribution in [2.24, 2.45) is 0 Å².